The van der Waals surface area contributed by atoms with Gasteiger partial charge >= 0.3 is 0 Å². The minimum Gasteiger partial charge on any atom is -0.316 e. The van der Waals surface area contributed by atoms with Crippen LogP contribution in [-0.2, 0) is 0 Å². The van der Waals surface area contributed by atoms with Crippen molar-refractivity contribution in [2.24, 2.45) is 17.8 Å². The average molecular weight is 291 g/mol. The summed E-state index contributed by atoms with van der Waals surface area (Å²) in [5.74, 6) is 2.62. The van der Waals surface area contributed by atoms with Crippen molar-refractivity contribution in [2.75, 3.05) is 13.1 Å². The molecule has 3 unspecified atom stereocenters. The second-order valence-corrected chi connectivity index (χ2v) is 7.34. The Balaban J connectivity index is 2.10. The van der Waals surface area contributed by atoms with E-state index in [-0.39, 0.29) is 5.82 Å². The normalized spacial score (nSPS) is 26.3. The van der Waals surface area contributed by atoms with E-state index in [1.807, 2.05) is 6.07 Å². The summed E-state index contributed by atoms with van der Waals surface area (Å²) in [5, 5.41) is 3.63. The lowest BCUT2D eigenvalue weighted by Crippen LogP contribution is -2.33. The number of nitrogens with one attached hydrogen (secondary N) is 1. The predicted octanol–water partition coefficient (Wildman–Crippen LogP) is 4.90. The van der Waals surface area contributed by atoms with Crippen molar-refractivity contribution < 1.29 is 4.39 Å². The summed E-state index contributed by atoms with van der Waals surface area (Å²) in [6, 6.07) is 5.33. The third-order valence-electron chi connectivity index (χ3n) is 4.85. The molecule has 2 heteroatoms. The van der Waals surface area contributed by atoms with E-state index >= 15 is 0 Å². The number of hydrogen-bond donors (Lipinski definition) is 1. The standard InChI is InChI=1S/C19H30FN/c1-13(2)11-21-12-16-6-5-14(3)9-19(16)18-8-7-17(20)10-15(18)4/h7-8,10,13-14,16,19,21H,5-6,9,11-12H2,1-4H3. The highest BCUT2D eigenvalue weighted by Gasteiger charge is 2.30. The molecular weight excluding hydrogens is 261 g/mol. The van der Waals surface area contributed by atoms with Crippen LogP contribution < -0.4 is 5.32 Å². The van der Waals surface area contributed by atoms with Crippen LogP contribution in [0.25, 0.3) is 0 Å². The van der Waals surface area contributed by atoms with Gasteiger partial charge in [0.1, 0.15) is 5.82 Å². The van der Waals surface area contributed by atoms with Gasteiger partial charge in [0.25, 0.3) is 0 Å². The van der Waals surface area contributed by atoms with E-state index < -0.39 is 0 Å². The van der Waals surface area contributed by atoms with Crippen molar-refractivity contribution in [1.29, 1.82) is 0 Å². The Bertz CT molecular complexity index is 455. The summed E-state index contributed by atoms with van der Waals surface area (Å²) >= 11 is 0. The maximum atomic E-state index is 13.4. The topological polar surface area (TPSA) is 12.0 Å². The summed E-state index contributed by atoms with van der Waals surface area (Å²) in [6.07, 6.45) is 3.85. The quantitative estimate of drug-likeness (QED) is 0.813. The van der Waals surface area contributed by atoms with Crippen LogP contribution in [0.3, 0.4) is 0 Å². The molecule has 0 aliphatic heterocycles. The molecule has 1 aromatic carbocycles. The summed E-state index contributed by atoms with van der Waals surface area (Å²) in [6.45, 7) is 11.1. The highest BCUT2D eigenvalue weighted by atomic mass is 19.1. The van der Waals surface area contributed by atoms with Gasteiger partial charge in [0.2, 0.25) is 0 Å². The SMILES string of the molecule is Cc1cc(F)ccc1C1CC(C)CCC1CNCC(C)C. The van der Waals surface area contributed by atoms with E-state index in [9.17, 15) is 4.39 Å². The minimum absolute atomic E-state index is 0.116. The second-order valence-electron chi connectivity index (χ2n) is 7.34. The van der Waals surface area contributed by atoms with Gasteiger partial charge in [-0.1, -0.05) is 33.3 Å². The van der Waals surface area contributed by atoms with E-state index in [0.717, 1.165) is 24.6 Å². The largest absolute Gasteiger partial charge is 0.316 e. The van der Waals surface area contributed by atoms with Crippen LogP contribution in [0.4, 0.5) is 4.39 Å². The number of hydrogen-bond acceptors (Lipinski definition) is 1. The van der Waals surface area contributed by atoms with Gasteiger partial charge in [0.15, 0.2) is 0 Å². The Kier molecular flexibility index (Phi) is 5.80. The lowest BCUT2D eigenvalue weighted by Gasteiger charge is -2.36. The second kappa shape index (κ2) is 7.40. The van der Waals surface area contributed by atoms with Crippen LogP contribution in [0.15, 0.2) is 18.2 Å². The molecule has 3 atom stereocenters. The van der Waals surface area contributed by atoms with Gasteiger partial charge in [0.05, 0.1) is 0 Å². The smallest absolute Gasteiger partial charge is 0.123 e. The average Bonchev–Trinajstić information content (AvgIpc) is 2.40. The van der Waals surface area contributed by atoms with Crippen molar-refractivity contribution in [3.63, 3.8) is 0 Å². The van der Waals surface area contributed by atoms with Gasteiger partial charge in [-0.25, -0.2) is 4.39 Å². The van der Waals surface area contributed by atoms with E-state index in [1.165, 1.54) is 24.8 Å². The van der Waals surface area contributed by atoms with Gasteiger partial charge in [-0.05, 0) is 79.8 Å². The van der Waals surface area contributed by atoms with Crippen molar-refractivity contribution >= 4 is 0 Å². The summed E-state index contributed by atoms with van der Waals surface area (Å²) < 4.78 is 13.4. The fraction of sp³-hybridized carbons (Fsp3) is 0.684. The molecule has 1 N–H and O–H groups in total. The lowest BCUT2D eigenvalue weighted by molar-refractivity contribution is 0.239. The first-order valence-corrected chi connectivity index (χ1v) is 8.44. The molecular formula is C19H30FN. The molecule has 1 aliphatic carbocycles. The van der Waals surface area contributed by atoms with Gasteiger partial charge < -0.3 is 5.32 Å². The number of aryl methyl sites for hydroxylation is 1. The highest BCUT2D eigenvalue weighted by Crippen LogP contribution is 2.41. The molecule has 21 heavy (non-hydrogen) atoms. The molecule has 0 heterocycles. The van der Waals surface area contributed by atoms with E-state index in [1.54, 1.807) is 12.1 Å². The summed E-state index contributed by atoms with van der Waals surface area (Å²) in [5.41, 5.74) is 2.47. The molecule has 118 valence electrons. The molecule has 0 saturated heterocycles. The van der Waals surface area contributed by atoms with E-state index in [2.05, 4.69) is 33.0 Å². The molecule has 0 spiro atoms. The molecule has 1 aliphatic rings. The van der Waals surface area contributed by atoms with Crippen molar-refractivity contribution in [3.8, 4) is 0 Å². The highest BCUT2D eigenvalue weighted by molar-refractivity contribution is 5.31. The Morgan fingerprint density at radius 1 is 1.29 bits per heavy atom. The first kappa shape index (κ1) is 16.5. The Morgan fingerprint density at radius 2 is 2.05 bits per heavy atom. The Hall–Kier alpha value is -0.890. The molecule has 1 aromatic rings. The maximum Gasteiger partial charge on any atom is 0.123 e. The zero-order chi connectivity index (χ0) is 15.4. The third-order valence-corrected chi connectivity index (χ3v) is 4.85. The molecule has 1 saturated carbocycles. The van der Waals surface area contributed by atoms with Crippen LogP contribution in [0.2, 0.25) is 0 Å². The van der Waals surface area contributed by atoms with E-state index in [0.29, 0.717) is 17.8 Å². The number of rotatable bonds is 5. The third kappa shape index (κ3) is 4.54. The molecule has 1 nitrogen and oxygen atoms in total. The molecule has 0 amide bonds. The van der Waals surface area contributed by atoms with Gasteiger partial charge in [-0.15, -0.1) is 0 Å². The number of benzene rings is 1. The van der Waals surface area contributed by atoms with Crippen LogP contribution in [-0.4, -0.2) is 13.1 Å². The summed E-state index contributed by atoms with van der Waals surface area (Å²) in [7, 11) is 0. The molecule has 0 bridgehead atoms. The summed E-state index contributed by atoms with van der Waals surface area (Å²) in [4.78, 5) is 0. The first-order valence-electron chi connectivity index (χ1n) is 8.44. The Morgan fingerprint density at radius 3 is 2.71 bits per heavy atom. The van der Waals surface area contributed by atoms with Gasteiger partial charge in [-0.3, -0.25) is 0 Å². The zero-order valence-corrected chi connectivity index (χ0v) is 14.0. The molecule has 1 fully saturated rings. The number of halogens is 1. The molecule has 2 rings (SSSR count). The zero-order valence-electron chi connectivity index (χ0n) is 14.0. The monoisotopic (exact) mass is 291 g/mol. The first-order chi connectivity index (χ1) is 9.97. The Labute approximate surface area is 129 Å². The van der Waals surface area contributed by atoms with Crippen LogP contribution >= 0.6 is 0 Å². The van der Waals surface area contributed by atoms with Crippen molar-refractivity contribution in [3.05, 3.63) is 35.1 Å². The van der Waals surface area contributed by atoms with Crippen molar-refractivity contribution in [1.82, 2.24) is 5.32 Å². The van der Waals surface area contributed by atoms with Crippen LogP contribution in [0.5, 0.6) is 0 Å². The predicted molar refractivity (Wildman–Crippen MR) is 88.1 cm³/mol. The minimum atomic E-state index is -0.116. The van der Waals surface area contributed by atoms with Crippen LogP contribution in [0.1, 0.15) is 57.1 Å². The van der Waals surface area contributed by atoms with Gasteiger partial charge in [-0.2, -0.15) is 0 Å². The van der Waals surface area contributed by atoms with E-state index in [4.69, 9.17) is 0 Å². The molecule has 0 radical (unpaired) electrons. The fourth-order valence-electron chi connectivity index (χ4n) is 3.68. The van der Waals surface area contributed by atoms with Gasteiger partial charge in [0, 0.05) is 0 Å². The van der Waals surface area contributed by atoms with Crippen molar-refractivity contribution in [2.45, 2.75) is 52.9 Å². The fourth-order valence-corrected chi connectivity index (χ4v) is 3.68. The lowest BCUT2D eigenvalue weighted by atomic mass is 9.70. The maximum absolute atomic E-state index is 13.4. The van der Waals surface area contributed by atoms with Crippen LogP contribution in [0, 0.1) is 30.5 Å². The molecule has 0 aromatic heterocycles.